The molecule has 7 nitrogen and oxygen atoms in total. The normalized spacial score (nSPS) is 15.6. The molecule has 0 saturated heterocycles. The van der Waals surface area contributed by atoms with E-state index < -0.39 is 5.54 Å². The first kappa shape index (κ1) is 20.2. The first-order valence-corrected chi connectivity index (χ1v) is 10.5. The molecule has 1 aromatic heterocycles. The van der Waals surface area contributed by atoms with Crippen LogP contribution in [0, 0.1) is 11.3 Å². The maximum absolute atomic E-state index is 12.4. The predicted molar refractivity (Wildman–Crippen MR) is 108 cm³/mol. The Balaban J connectivity index is 1.66. The fraction of sp³-hybridized carbons (Fsp3) is 0.500. The molecule has 1 N–H and O–H groups in total. The van der Waals surface area contributed by atoms with Gasteiger partial charge in [-0.05, 0) is 44.0 Å². The van der Waals surface area contributed by atoms with Gasteiger partial charge in [0.25, 0.3) is 0 Å². The van der Waals surface area contributed by atoms with Crippen molar-refractivity contribution < 1.29 is 9.53 Å². The van der Waals surface area contributed by atoms with Gasteiger partial charge in [-0.15, -0.1) is 10.2 Å². The first-order chi connectivity index (χ1) is 13.6. The van der Waals surface area contributed by atoms with E-state index in [-0.39, 0.29) is 11.7 Å². The molecule has 1 amide bonds. The fourth-order valence-electron chi connectivity index (χ4n) is 3.49. The highest BCUT2D eigenvalue weighted by Crippen LogP contribution is 2.28. The highest BCUT2D eigenvalue weighted by molar-refractivity contribution is 7.99. The maximum Gasteiger partial charge on any atom is 0.231 e. The molecule has 0 atom stereocenters. The van der Waals surface area contributed by atoms with Gasteiger partial charge in [0.05, 0.1) is 18.9 Å². The molecule has 1 aliphatic carbocycles. The van der Waals surface area contributed by atoms with Crippen molar-refractivity contribution in [3.8, 4) is 23.2 Å². The predicted octanol–water partition coefficient (Wildman–Crippen LogP) is 3.41. The van der Waals surface area contributed by atoms with Crippen LogP contribution in [0.5, 0.6) is 5.75 Å². The molecule has 0 aliphatic heterocycles. The number of aromatic nitrogens is 3. The van der Waals surface area contributed by atoms with Crippen molar-refractivity contribution in [3.05, 3.63) is 24.3 Å². The Bertz CT molecular complexity index is 850. The summed E-state index contributed by atoms with van der Waals surface area (Å²) in [6.07, 6.45) is 4.55. The van der Waals surface area contributed by atoms with Crippen LogP contribution in [0.25, 0.3) is 11.4 Å². The van der Waals surface area contributed by atoms with Gasteiger partial charge in [-0.3, -0.25) is 4.79 Å². The number of carbonyl (C=O) groups excluding carboxylic acids is 1. The van der Waals surface area contributed by atoms with Crippen molar-refractivity contribution in [3.63, 3.8) is 0 Å². The van der Waals surface area contributed by atoms with Gasteiger partial charge in [0, 0.05) is 12.1 Å². The summed E-state index contributed by atoms with van der Waals surface area (Å²) in [6.45, 7) is 2.72. The van der Waals surface area contributed by atoms with Crippen LogP contribution in [-0.2, 0) is 11.3 Å². The van der Waals surface area contributed by atoms with E-state index in [9.17, 15) is 10.1 Å². The molecule has 0 unspecified atom stereocenters. The van der Waals surface area contributed by atoms with Crippen LogP contribution in [-0.4, -0.2) is 39.1 Å². The molecule has 1 fully saturated rings. The van der Waals surface area contributed by atoms with E-state index in [2.05, 4.69) is 21.6 Å². The molecule has 2 aromatic rings. The van der Waals surface area contributed by atoms with Crippen LogP contribution >= 0.6 is 11.8 Å². The summed E-state index contributed by atoms with van der Waals surface area (Å²) in [7, 11) is 1.63. The molecule has 1 aliphatic rings. The third-order valence-corrected chi connectivity index (χ3v) is 5.98. The smallest absolute Gasteiger partial charge is 0.231 e. The molecule has 0 spiro atoms. The second-order valence-electron chi connectivity index (χ2n) is 6.87. The lowest BCUT2D eigenvalue weighted by Gasteiger charge is -2.31. The highest BCUT2D eigenvalue weighted by atomic mass is 32.2. The number of hydrogen-bond donors (Lipinski definition) is 1. The topological polar surface area (TPSA) is 92.8 Å². The van der Waals surface area contributed by atoms with Crippen LogP contribution in [0.2, 0.25) is 0 Å². The number of ether oxygens (including phenoxy) is 1. The number of methoxy groups -OCH3 is 1. The minimum atomic E-state index is -0.706. The largest absolute Gasteiger partial charge is 0.497 e. The summed E-state index contributed by atoms with van der Waals surface area (Å²) in [5, 5.41) is 21.7. The Morgan fingerprint density at radius 2 is 2.00 bits per heavy atom. The van der Waals surface area contributed by atoms with Gasteiger partial charge in [-0.2, -0.15) is 5.26 Å². The minimum Gasteiger partial charge on any atom is -0.497 e. The van der Waals surface area contributed by atoms with Gasteiger partial charge in [-0.1, -0.05) is 31.0 Å². The van der Waals surface area contributed by atoms with Gasteiger partial charge in [0.15, 0.2) is 11.0 Å². The molecule has 1 saturated carbocycles. The first-order valence-electron chi connectivity index (χ1n) is 9.53. The molecule has 8 heteroatoms. The Kier molecular flexibility index (Phi) is 6.57. The maximum atomic E-state index is 12.4. The molecule has 28 heavy (non-hydrogen) atoms. The van der Waals surface area contributed by atoms with E-state index in [0.717, 1.165) is 49.2 Å². The van der Waals surface area contributed by atoms with Crippen molar-refractivity contribution in [2.75, 3.05) is 12.9 Å². The number of benzene rings is 1. The lowest BCUT2D eigenvalue weighted by Crippen LogP contribution is -2.49. The van der Waals surface area contributed by atoms with E-state index in [1.165, 1.54) is 11.8 Å². The number of nitrogens with one attached hydrogen (secondary N) is 1. The molecule has 0 radical (unpaired) electrons. The van der Waals surface area contributed by atoms with Crippen LogP contribution in [0.3, 0.4) is 0 Å². The van der Waals surface area contributed by atoms with E-state index in [4.69, 9.17) is 4.74 Å². The van der Waals surface area contributed by atoms with Crippen molar-refractivity contribution >= 4 is 17.7 Å². The summed E-state index contributed by atoms with van der Waals surface area (Å²) < 4.78 is 7.18. The average molecular weight is 400 g/mol. The van der Waals surface area contributed by atoms with Crippen molar-refractivity contribution in [2.24, 2.45) is 0 Å². The van der Waals surface area contributed by atoms with E-state index in [1.54, 1.807) is 7.11 Å². The SMILES string of the molecule is CCn1c(SCC(=O)NC2(C#N)CCCCC2)nnc1-c1ccc(OC)cc1. The molecular weight excluding hydrogens is 374 g/mol. The van der Waals surface area contributed by atoms with Crippen LogP contribution in [0.1, 0.15) is 39.0 Å². The van der Waals surface area contributed by atoms with Gasteiger partial charge in [0.1, 0.15) is 11.3 Å². The fourth-order valence-corrected chi connectivity index (χ4v) is 4.29. The van der Waals surface area contributed by atoms with Gasteiger partial charge >= 0.3 is 0 Å². The number of carbonyl (C=O) groups is 1. The Hall–Kier alpha value is -2.53. The third-order valence-electron chi connectivity index (χ3n) is 5.01. The Morgan fingerprint density at radius 1 is 1.29 bits per heavy atom. The summed E-state index contributed by atoms with van der Waals surface area (Å²) in [4.78, 5) is 12.4. The lowest BCUT2D eigenvalue weighted by atomic mass is 9.83. The Morgan fingerprint density at radius 3 is 2.61 bits per heavy atom. The zero-order valence-corrected chi connectivity index (χ0v) is 17.1. The number of amides is 1. The number of nitriles is 1. The van der Waals surface area contributed by atoms with Gasteiger partial charge < -0.3 is 14.6 Å². The minimum absolute atomic E-state index is 0.134. The number of nitrogens with zero attached hydrogens (tertiary/aromatic N) is 4. The van der Waals surface area contributed by atoms with E-state index in [0.29, 0.717) is 11.7 Å². The third kappa shape index (κ3) is 4.47. The molecule has 0 bridgehead atoms. The van der Waals surface area contributed by atoms with E-state index >= 15 is 0 Å². The summed E-state index contributed by atoms with van der Waals surface area (Å²) >= 11 is 1.34. The average Bonchev–Trinajstić information content (AvgIpc) is 3.16. The van der Waals surface area contributed by atoms with Crippen molar-refractivity contribution in [2.45, 2.75) is 56.3 Å². The van der Waals surface area contributed by atoms with Gasteiger partial charge in [0.2, 0.25) is 5.91 Å². The Labute approximate surface area is 169 Å². The van der Waals surface area contributed by atoms with Crippen LogP contribution in [0.4, 0.5) is 0 Å². The summed E-state index contributed by atoms with van der Waals surface area (Å²) in [5.74, 6) is 1.62. The summed E-state index contributed by atoms with van der Waals surface area (Å²) in [6, 6.07) is 9.97. The zero-order chi connectivity index (χ0) is 20.0. The van der Waals surface area contributed by atoms with Gasteiger partial charge in [-0.25, -0.2) is 0 Å². The summed E-state index contributed by atoms with van der Waals surface area (Å²) in [5.41, 5.74) is 0.236. The molecule has 148 valence electrons. The standard InChI is InChI=1S/C20H25N5O2S/c1-3-25-18(15-7-9-16(27-2)10-8-15)23-24-19(25)28-13-17(26)22-20(14-21)11-5-4-6-12-20/h7-10H,3-6,11-13H2,1-2H3,(H,22,26). The highest BCUT2D eigenvalue weighted by Gasteiger charge is 2.33. The second kappa shape index (κ2) is 9.11. The molecular formula is C20H25N5O2S. The van der Waals surface area contributed by atoms with Crippen molar-refractivity contribution in [1.29, 1.82) is 5.26 Å². The number of rotatable bonds is 7. The molecule has 1 heterocycles. The monoisotopic (exact) mass is 399 g/mol. The molecule has 3 rings (SSSR count). The zero-order valence-electron chi connectivity index (χ0n) is 16.3. The lowest BCUT2D eigenvalue weighted by molar-refractivity contribution is -0.120. The number of thioether (sulfide) groups is 1. The quantitative estimate of drug-likeness (QED) is 0.717. The second-order valence-corrected chi connectivity index (χ2v) is 7.81. The van der Waals surface area contributed by atoms with Crippen LogP contribution < -0.4 is 10.1 Å². The van der Waals surface area contributed by atoms with E-state index in [1.807, 2.05) is 35.8 Å². The number of hydrogen-bond acceptors (Lipinski definition) is 6. The van der Waals surface area contributed by atoms with Crippen LogP contribution in [0.15, 0.2) is 29.4 Å². The molecule has 1 aromatic carbocycles. The van der Waals surface area contributed by atoms with Crippen molar-refractivity contribution in [1.82, 2.24) is 20.1 Å².